The quantitative estimate of drug-likeness (QED) is 0.867. The molecule has 0 amide bonds. The predicted molar refractivity (Wildman–Crippen MR) is 75.8 cm³/mol. The molecule has 0 saturated heterocycles. The van der Waals surface area contributed by atoms with E-state index in [1.807, 2.05) is 18.2 Å². The number of hydrogen-bond acceptors (Lipinski definition) is 1. The van der Waals surface area contributed by atoms with E-state index in [-0.39, 0.29) is 12.0 Å². The molecule has 0 aliphatic carbocycles. The highest BCUT2D eigenvalue weighted by atomic mass is 16.3. The number of rotatable bonds is 4. The zero-order valence-electron chi connectivity index (χ0n) is 11.1. The molecule has 0 spiro atoms. The van der Waals surface area contributed by atoms with Gasteiger partial charge >= 0.3 is 0 Å². The van der Waals surface area contributed by atoms with Crippen LogP contribution < -0.4 is 0 Å². The molecule has 1 heteroatoms. The lowest BCUT2D eigenvalue weighted by molar-refractivity contribution is 0.204. The van der Waals surface area contributed by atoms with Crippen molar-refractivity contribution < 1.29 is 5.11 Å². The topological polar surface area (TPSA) is 20.2 Å². The summed E-state index contributed by atoms with van der Waals surface area (Å²) in [7, 11) is 0. The maximum Gasteiger partial charge on any atom is 0.0528 e. The Morgan fingerprint density at radius 1 is 0.944 bits per heavy atom. The summed E-state index contributed by atoms with van der Waals surface area (Å²) in [6, 6.07) is 18.8. The number of aliphatic hydroxyl groups is 1. The van der Waals surface area contributed by atoms with Crippen LogP contribution in [0.5, 0.6) is 0 Å². The van der Waals surface area contributed by atoms with Gasteiger partial charge < -0.3 is 5.11 Å². The molecule has 0 fully saturated rings. The van der Waals surface area contributed by atoms with Crippen molar-refractivity contribution in [1.82, 2.24) is 0 Å². The van der Waals surface area contributed by atoms with Gasteiger partial charge in [-0.05, 0) is 24.5 Å². The summed E-state index contributed by atoms with van der Waals surface area (Å²) < 4.78 is 0. The highest BCUT2D eigenvalue weighted by Gasteiger charge is 2.25. The average Bonchev–Trinajstić information content (AvgIpc) is 2.40. The van der Waals surface area contributed by atoms with Crippen molar-refractivity contribution in [3.05, 3.63) is 71.3 Å². The Balaban J connectivity index is 2.28. The Hall–Kier alpha value is -1.60. The van der Waals surface area contributed by atoms with Crippen LogP contribution in [-0.2, 0) is 11.8 Å². The first kappa shape index (κ1) is 12.8. The molecule has 0 radical (unpaired) electrons. The second-order valence-corrected chi connectivity index (χ2v) is 5.25. The first-order chi connectivity index (χ1) is 8.64. The van der Waals surface area contributed by atoms with Crippen molar-refractivity contribution in [3.8, 4) is 0 Å². The van der Waals surface area contributed by atoms with E-state index in [9.17, 15) is 5.11 Å². The maximum atomic E-state index is 9.77. The van der Waals surface area contributed by atoms with Gasteiger partial charge in [-0.15, -0.1) is 0 Å². The van der Waals surface area contributed by atoms with Crippen molar-refractivity contribution in [3.63, 3.8) is 0 Å². The molecule has 0 aliphatic rings. The zero-order valence-corrected chi connectivity index (χ0v) is 11.1. The molecule has 1 unspecified atom stereocenters. The fourth-order valence-corrected chi connectivity index (χ4v) is 2.25. The second kappa shape index (κ2) is 5.36. The van der Waals surface area contributed by atoms with E-state index in [2.05, 4.69) is 50.2 Å². The van der Waals surface area contributed by atoms with E-state index in [4.69, 9.17) is 0 Å². The summed E-state index contributed by atoms with van der Waals surface area (Å²) >= 11 is 0. The first-order valence-corrected chi connectivity index (χ1v) is 6.36. The van der Waals surface area contributed by atoms with Crippen LogP contribution >= 0.6 is 0 Å². The second-order valence-electron chi connectivity index (χ2n) is 5.25. The van der Waals surface area contributed by atoms with E-state index >= 15 is 0 Å². The van der Waals surface area contributed by atoms with Crippen molar-refractivity contribution in [2.75, 3.05) is 6.61 Å². The Bertz CT molecular complexity index is 487. The van der Waals surface area contributed by atoms with Crippen LogP contribution in [0.1, 0.15) is 23.6 Å². The molecule has 1 nitrogen and oxygen atoms in total. The van der Waals surface area contributed by atoms with Gasteiger partial charge in [-0.1, -0.05) is 67.1 Å². The van der Waals surface area contributed by atoms with Gasteiger partial charge in [0.2, 0.25) is 0 Å². The number of aliphatic hydroxyl groups excluding tert-OH is 1. The number of hydrogen-bond donors (Lipinski definition) is 1. The van der Waals surface area contributed by atoms with Gasteiger partial charge in [-0.2, -0.15) is 0 Å². The summed E-state index contributed by atoms with van der Waals surface area (Å²) in [6.07, 6.45) is 0.855. The molecule has 0 bridgehead atoms. The van der Waals surface area contributed by atoms with Gasteiger partial charge in [0.05, 0.1) is 6.61 Å². The molecule has 0 aromatic heterocycles. The Kier molecular flexibility index (Phi) is 3.83. The lowest BCUT2D eigenvalue weighted by atomic mass is 9.78. The van der Waals surface area contributed by atoms with Gasteiger partial charge in [-0.3, -0.25) is 0 Å². The highest BCUT2D eigenvalue weighted by molar-refractivity contribution is 5.31. The van der Waals surface area contributed by atoms with Crippen LogP contribution in [0.25, 0.3) is 0 Å². The lowest BCUT2D eigenvalue weighted by Gasteiger charge is -2.28. The summed E-state index contributed by atoms with van der Waals surface area (Å²) in [6.45, 7) is 4.35. The highest BCUT2D eigenvalue weighted by Crippen LogP contribution is 2.28. The van der Waals surface area contributed by atoms with E-state index in [1.54, 1.807) is 0 Å². The summed E-state index contributed by atoms with van der Waals surface area (Å²) in [5, 5.41) is 9.77. The van der Waals surface area contributed by atoms with Gasteiger partial charge in [0.1, 0.15) is 0 Å². The predicted octanol–water partition coefficient (Wildman–Crippen LogP) is 3.49. The Morgan fingerprint density at radius 3 is 2.11 bits per heavy atom. The molecule has 94 valence electrons. The summed E-state index contributed by atoms with van der Waals surface area (Å²) in [5.74, 6) is 0. The van der Waals surface area contributed by atoms with E-state index in [0.717, 1.165) is 6.42 Å². The van der Waals surface area contributed by atoms with Crippen LogP contribution in [0.15, 0.2) is 54.6 Å². The minimum absolute atomic E-state index is 0.158. The van der Waals surface area contributed by atoms with E-state index in [0.29, 0.717) is 0 Å². The molecule has 2 aromatic carbocycles. The third-order valence-electron chi connectivity index (χ3n) is 3.53. The molecule has 1 atom stereocenters. The normalized spacial score (nSPS) is 14.2. The number of aryl methyl sites for hydroxylation is 1. The molecular weight excluding hydrogens is 220 g/mol. The molecule has 0 saturated carbocycles. The van der Waals surface area contributed by atoms with Crippen LogP contribution in [0.3, 0.4) is 0 Å². The van der Waals surface area contributed by atoms with Gasteiger partial charge in [0, 0.05) is 5.41 Å². The Morgan fingerprint density at radius 2 is 1.56 bits per heavy atom. The molecular formula is C17H20O. The zero-order chi connectivity index (χ0) is 13.0. The van der Waals surface area contributed by atoms with Crippen LogP contribution in [0.4, 0.5) is 0 Å². The van der Waals surface area contributed by atoms with E-state index in [1.165, 1.54) is 16.7 Å². The minimum atomic E-state index is -0.213. The van der Waals surface area contributed by atoms with Gasteiger partial charge in [0.25, 0.3) is 0 Å². The van der Waals surface area contributed by atoms with Gasteiger partial charge in [-0.25, -0.2) is 0 Å². The minimum Gasteiger partial charge on any atom is -0.395 e. The largest absolute Gasteiger partial charge is 0.395 e. The lowest BCUT2D eigenvalue weighted by Crippen LogP contribution is -2.29. The molecule has 2 rings (SSSR count). The first-order valence-electron chi connectivity index (χ1n) is 6.36. The molecule has 0 heterocycles. The third-order valence-corrected chi connectivity index (χ3v) is 3.53. The fraction of sp³-hybridized carbons (Fsp3) is 0.294. The Labute approximate surface area is 109 Å². The monoisotopic (exact) mass is 240 g/mol. The molecule has 1 N–H and O–H groups in total. The van der Waals surface area contributed by atoms with Crippen LogP contribution in [-0.4, -0.2) is 11.7 Å². The molecule has 0 aliphatic heterocycles. The molecule has 2 aromatic rings. The van der Waals surface area contributed by atoms with Crippen molar-refractivity contribution in [1.29, 1.82) is 0 Å². The van der Waals surface area contributed by atoms with Gasteiger partial charge in [0.15, 0.2) is 0 Å². The third kappa shape index (κ3) is 2.80. The fourth-order valence-electron chi connectivity index (χ4n) is 2.25. The summed E-state index contributed by atoms with van der Waals surface area (Å²) in [4.78, 5) is 0. The van der Waals surface area contributed by atoms with Crippen molar-refractivity contribution in [2.24, 2.45) is 0 Å². The van der Waals surface area contributed by atoms with E-state index < -0.39 is 0 Å². The smallest absolute Gasteiger partial charge is 0.0528 e. The SMILES string of the molecule is Cc1ccc(C(C)(CO)Cc2ccccc2)cc1. The number of benzene rings is 2. The molecule has 18 heavy (non-hydrogen) atoms. The standard InChI is InChI=1S/C17H20O/c1-14-8-10-16(11-9-14)17(2,13-18)12-15-6-4-3-5-7-15/h3-11,18H,12-13H2,1-2H3. The van der Waals surface area contributed by atoms with Crippen LogP contribution in [0, 0.1) is 6.92 Å². The average molecular weight is 240 g/mol. The summed E-state index contributed by atoms with van der Waals surface area (Å²) in [5.41, 5.74) is 3.49. The van der Waals surface area contributed by atoms with Crippen molar-refractivity contribution in [2.45, 2.75) is 25.7 Å². The van der Waals surface area contributed by atoms with Crippen LogP contribution in [0.2, 0.25) is 0 Å². The maximum absolute atomic E-state index is 9.77. The van der Waals surface area contributed by atoms with Crippen molar-refractivity contribution >= 4 is 0 Å².